The lowest BCUT2D eigenvalue weighted by atomic mass is 10.1. The van der Waals surface area contributed by atoms with Gasteiger partial charge in [0.2, 0.25) is 0 Å². The van der Waals surface area contributed by atoms with Crippen molar-refractivity contribution in [2.24, 2.45) is 0 Å². The molecule has 0 fully saturated rings. The lowest BCUT2D eigenvalue weighted by molar-refractivity contribution is -0.140. The minimum Gasteiger partial charge on any atom is -0.497 e. The van der Waals surface area contributed by atoms with Crippen molar-refractivity contribution in [1.82, 2.24) is 4.90 Å². The van der Waals surface area contributed by atoms with Crippen molar-refractivity contribution in [3.63, 3.8) is 0 Å². The van der Waals surface area contributed by atoms with E-state index in [-0.39, 0.29) is 18.5 Å². The molecular formula is C25H23ClF3NO3. The smallest absolute Gasteiger partial charge is 0.406 e. The molecule has 3 aromatic rings. The minimum atomic E-state index is -4.50. The zero-order chi connectivity index (χ0) is 23.8. The highest BCUT2D eigenvalue weighted by Gasteiger charge is 2.33. The summed E-state index contributed by atoms with van der Waals surface area (Å²) in [5, 5.41) is 0.622. The number of rotatable bonds is 9. The number of benzene rings is 3. The van der Waals surface area contributed by atoms with Gasteiger partial charge in [-0.15, -0.1) is 0 Å². The highest BCUT2D eigenvalue weighted by molar-refractivity contribution is 6.30. The summed E-state index contributed by atoms with van der Waals surface area (Å²) in [5.74, 6) is 0.465. The fraction of sp³-hybridized carbons (Fsp3) is 0.240. The van der Waals surface area contributed by atoms with Gasteiger partial charge in [0.15, 0.2) is 0 Å². The van der Waals surface area contributed by atoms with E-state index >= 15 is 0 Å². The summed E-state index contributed by atoms with van der Waals surface area (Å²) in [6.07, 6.45) is -4.22. The molecule has 0 radical (unpaired) electrons. The number of methoxy groups -OCH3 is 1. The highest BCUT2D eigenvalue weighted by atomic mass is 35.5. The van der Waals surface area contributed by atoms with Crippen molar-refractivity contribution in [1.29, 1.82) is 0 Å². The Morgan fingerprint density at radius 3 is 2.03 bits per heavy atom. The largest absolute Gasteiger partial charge is 0.497 e. The number of amides is 1. The van der Waals surface area contributed by atoms with E-state index in [2.05, 4.69) is 0 Å². The van der Waals surface area contributed by atoms with E-state index < -0.39 is 18.6 Å². The molecule has 0 aliphatic heterocycles. The SMILES string of the molecule is COc1ccc(CCN(CC(F)(F)F)C(=O)c2ccc(OCc3ccc(Cl)cc3)cc2)cc1. The maximum absolute atomic E-state index is 13.1. The molecule has 1 amide bonds. The summed E-state index contributed by atoms with van der Waals surface area (Å²) in [6, 6.07) is 20.2. The molecule has 0 atom stereocenters. The van der Waals surface area contributed by atoms with Crippen LogP contribution in [0.4, 0.5) is 13.2 Å². The van der Waals surface area contributed by atoms with Gasteiger partial charge in [-0.3, -0.25) is 4.79 Å². The molecule has 0 N–H and O–H groups in total. The molecule has 0 saturated heterocycles. The van der Waals surface area contributed by atoms with Crippen molar-refractivity contribution in [2.45, 2.75) is 19.2 Å². The van der Waals surface area contributed by atoms with Gasteiger partial charge < -0.3 is 14.4 Å². The van der Waals surface area contributed by atoms with Gasteiger partial charge in [-0.1, -0.05) is 35.9 Å². The molecule has 33 heavy (non-hydrogen) atoms. The Hall–Kier alpha value is -3.19. The topological polar surface area (TPSA) is 38.8 Å². The van der Waals surface area contributed by atoms with E-state index in [1.54, 1.807) is 48.5 Å². The average Bonchev–Trinajstić information content (AvgIpc) is 2.81. The van der Waals surface area contributed by atoms with Gasteiger partial charge in [-0.2, -0.15) is 13.2 Å². The Kier molecular flexibility index (Phi) is 8.22. The van der Waals surface area contributed by atoms with Crippen molar-refractivity contribution in [3.05, 3.63) is 94.5 Å². The maximum atomic E-state index is 13.1. The number of hydrogen-bond acceptors (Lipinski definition) is 3. The summed E-state index contributed by atoms with van der Waals surface area (Å²) in [4.78, 5) is 13.6. The molecule has 3 aromatic carbocycles. The summed E-state index contributed by atoms with van der Waals surface area (Å²) in [5.41, 5.74) is 1.88. The summed E-state index contributed by atoms with van der Waals surface area (Å²) >= 11 is 5.86. The lowest BCUT2D eigenvalue weighted by Gasteiger charge is -2.24. The normalized spacial score (nSPS) is 11.2. The molecule has 0 bridgehead atoms. The van der Waals surface area contributed by atoms with Crippen molar-refractivity contribution >= 4 is 17.5 Å². The first-order valence-corrected chi connectivity index (χ1v) is 10.6. The number of alkyl halides is 3. The molecule has 3 rings (SSSR count). The Balaban J connectivity index is 1.64. The predicted molar refractivity (Wildman–Crippen MR) is 121 cm³/mol. The average molecular weight is 478 g/mol. The van der Waals surface area contributed by atoms with Crippen LogP contribution >= 0.6 is 11.6 Å². The predicted octanol–water partition coefficient (Wildman–Crippen LogP) is 6.17. The maximum Gasteiger partial charge on any atom is 0.406 e. The third-order valence-corrected chi connectivity index (χ3v) is 5.16. The third kappa shape index (κ3) is 7.71. The van der Waals surface area contributed by atoms with E-state index in [0.717, 1.165) is 16.0 Å². The van der Waals surface area contributed by atoms with Gasteiger partial charge in [0.1, 0.15) is 24.7 Å². The Bertz CT molecular complexity index is 1040. The molecule has 0 unspecified atom stereocenters. The van der Waals surface area contributed by atoms with Crippen molar-refractivity contribution in [2.75, 3.05) is 20.2 Å². The molecule has 4 nitrogen and oxygen atoms in total. The zero-order valence-corrected chi connectivity index (χ0v) is 18.7. The number of hydrogen-bond donors (Lipinski definition) is 0. The first-order chi connectivity index (χ1) is 15.7. The quantitative estimate of drug-likeness (QED) is 0.369. The van der Waals surface area contributed by atoms with Crippen molar-refractivity contribution < 1.29 is 27.4 Å². The second-order valence-electron chi connectivity index (χ2n) is 7.38. The monoisotopic (exact) mass is 477 g/mol. The summed E-state index contributed by atoms with van der Waals surface area (Å²) in [7, 11) is 1.53. The van der Waals surface area contributed by atoms with E-state index in [0.29, 0.717) is 23.1 Å². The lowest BCUT2D eigenvalue weighted by Crippen LogP contribution is -2.40. The van der Waals surface area contributed by atoms with Gasteiger partial charge in [-0.25, -0.2) is 0 Å². The number of nitrogens with zero attached hydrogens (tertiary/aromatic N) is 1. The number of halogens is 4. The molecule has 8 heteroatoms. The number of carbonyl (C=O) groups is 1. The van der Waals surface area contributed by atoms with Crippen molar-refractivity contribution in [3.8, 4) is 11.5 Å². The van der Waals surface area contributed by atoms with E-state index in [1.807, 2.05) is 12.1 Å². The molecule has 0 saturated carbocycles. The molecule has 0 aromatic heterocycles. The van der Waals surface area contributed by atoms with Gasteiger partial charge in [-0.05, 0) is 66.1 Å². The van der Waals surface area contributed by atoms with Gasteiger partial charge >= 0.3 is 6.18 Å². The van der Waals surface area contributed by atoms with Gasteiger partial charge in [0.25, 0.3) is 5.91 Å². The van der Waals surface area contributed by atoms with Gasteiger partial charge in [0, 0.05) is 17.1 Å². The molecule has 0 spiro atoms. The summed E-state index contributed by atoms with van der Waals surface area (Å²) < 4.78 is 50.1. The van der Waals surface area contributed by atoms with Crippen LogP contribution in [0.3, 0.4) is 0 Å². The van der Waals surface area contributed by atoms with Crippen LogP contribution in [0.1, 0.15) is 21.5 Å². The van der Waals surface area contributed by atoms with E-state index in [9.17, 15) is 18.0 Å². The molecule has 0 heterocycles. The first kappa shape index (κ1) is 24.5. The second kappa shape index (κ2) is 11.1. The van der Waals surface area contributed by atoms with Crippen LogP contribution in [0, 0.1) is 0 Å². The van der Waals surface area contributed by atoms with Crippen LogP contribution in [0.5, 0.6) is 11.5 Å². The molecule has 0 aliphatic rings. The Morgan fingerprint density at radius 2 is 1.45 bits per heavy atom. The molecule has 174 valence electrons. The third-order valence-electron chi connectivity index (χ3n) is 4.91. The van der Waals surface area contributed by atoms with E-state index in [4.69, 9.17) is 21.1 Å². The molecule has 0 aliphatic carbocycles. The zero-order valence-electron chi connectivity index (χ0n) is 17.9. The van der Waals surface area contributed by atoms with Crippen LogP contribution in [0.25, 0.3) is 0 Å². The van der Waals surface area contributed by atoms with Crippen LogP contribution in [-0.4, -0.2) is 37.2 Å². The summed E-state index contributed by atoms with van der Waals surface area (Å²) in [6.45, 7) is -1.09. The fourth-order valence-electron chi connectivity index (χ4n) is 3.15. The van der Waals surface area contributed by atoms with E-state index in [1.165, 1.54) is 19.2 Å². The minimum absolute atomic E-state index is 0.0700. The van der Waals surface area contributed by atoms with Crippen LogP contribution < -0.4 is 9.47 Å². The fourth-order valence-corrected chi connectivity index (χ4v) is 3.27. The second-order valence-corrected chi connectivity index (χ2v) is 7.82. The van der Waals surface area contributed by atoms with Crippen LogP contribution in [-0.2, 0) is 13.0 Å². The van der Waals surface area contributed by atoms with Crippen LogP contribution in [0.15, 0.2) is 72.8 Å². The number of carbonyl (C=O) groups excluding carboxylic acids is 1. The van der Waals surface area contributed by atoms with Gasteiger partial charge in [0.05, 0.1) is 7.11 Å². The Morgan fingerprint density at radius 1 is 0.879 bits per heavy atom. The molecular weight excluding hydrogens is 455 g/mol. The Labute approximate surface area is 195 Å². The standard InChI is InChI=1S/C25H23ClF3NO3/c1-32-22-10-4-18(5-11-22)14-15-30(17-25(27,28)29)24(31)20-6-12-23(13-7-20)33-16-19-2-8-21(26)9-3-19/h2-13H,14-17H2,1H3. The van der Waals surface area contributed by atoms with Crippen LogP contribution in [0.2, 0.25) is 5.02 Å². The highest BCUT2D eigenvalue weighted by Crippen LogP contribution is 2.21. The first-order valence-electron chi connectivity index (χ1n) is 10.2. The number of ether oxygens (including phenoxy) is 2.